The van der Waals surface area contributed by atoms with Gasteiger partial charge in [-0.05, 0) is 18.6 Å². The SMILES string of the molecule is Nc1nc(N)nc(CCc2ccccn2)n1. The van der Waals surface area contributed by atoms with Crippen molar-refractivity contribution in [2.75, 3.05) is 11.5 Å². The van der Waals surface area contributed by atoms with Gasteiger partial charge in [-0.25, -0.2) is 0 Å². The van der Waals surface area contributed by atoms with Crippen LogP contribution in [0.25, 0.3) is 0 Å². The van der Waals surface area contributed by atoms with E-state index in [0.29, 0.717) is 12.2 Å². The molecule has 2 aromatic heterocycles. The number of hydrogen-bond acceptors (Lipinski definition) is 6. The summed E-state index contributed by atoms with van der Waals surface area (Å²) in [4.78, 5) is 15.9. The first-order valence-electron chi connectivity index (χ1n) is 4.90. The molecule has 0 bridgehead atoms. The van der Waals surface area contributed by atoms with Gasteiger partial charge in [0.1, 0.15) is 5.82 Å². The molecule has 6 nitrogen and oxygen atoms in total. The van der Waals surface area contributed by atoms with E-state index >= 15 is 0 Å². The summed E-state index contributed by atoms with van der Waals surface area (Å²) in [5, 5.41) is 0. The molecule has 0 unspecified atom stereocenters. The summed E-state index contributed by atoms with van der Waals surface area (Å²) in [5.41, 5.74) is 11.9. The molecule has 0 saturated carbocycles. The second kappa shape index (κ2) is 4.52. The first-order chi connectivity index (χ1) is 7.74. The molecule has 2 aromatic rings. The number of pyridine rings is 1. The zero-order valence-corrected chi connectivity index (χ0v) is 8.67. The smallest absolute Gasteiger partial charge is 0.225 e. The van der Waals surface area contributed by atoms with E-state index in [-0.39, 0.29) is 11.9 Å². The van der Waals surface area contributed by atoms with Gasteiger partial charge in [0.05, 0.1) is 0 Å². The molecule has 82 valence electrons. The van der Waals surface area contributed by atoms with Gasteiger partial charge in [-0.3, -0.25) is 4.98 Å². The molecule has 0 aliphatic heterocycles. The predicted molar refractivity (Wildman–Crippen MR) is 60.3 cm³/mol. The zero-order valence-electron chi connectivity index (χ0n) is 8.67. The molecule has 0 atom stereocenters. The highest BCUT2D eigenvalue weighted by Gasteiger charge is 2.02. The maximum atomic E-state index is 5.47. The average molecular weight is 216 g/mol. The summed E-state index contributed by atoms with van der Waals surface area (Å²) in [6.45, 7) is 0. The molecular formula is C10H12N6. The van der Waals surface area contributed by atoms with E-state index < -0.39 is 0 Å². The largest absolute Gasteiger partial charge is 0.368 e. The molecule has 2 heterocycles. The van der Waals surface area contributed by atoms with E-state index in [4.69, 9.17) is 11.5 Å². The molecule has 0 amide bonds. The molecule has 0 aliphatic rings. The van der Waals surface area contributed by atoms with Gasteiger partial charge < -0.3 is 11.5 Å². The zero-order chi connectivity index (χ0) is 11.4. The van der Waals surface area contributed by atoms with Crippen LogP contribution in [0.5, 0.6) is 0 Å². The molecule has 0 aliphatic carbocycles. The first-order valence-corrected chi connectivity index (χ1v) is 4.90. The Morgan fingerprint density at radius 3 is 2.31 bits per heavy atom. The van der Waals surface area contributed by atoms with Gasteiger partial charge in [-0.15, -0.1) is 0 Å². The predicted octanol–water partition coefficient (Wildman–Crippen LogP) is 0.216. The molecule has 6 heteroatoms. The molecule has 2 rings (SSSR count). The summed E-state index contributed by atoms with van der Waals surface area (Å²) >= 11 is 0. The molecule has 0 fully saturated rings. The molecule has 0 radical (unpaired) electrons. The van der Waals surface area contributed by atoms with E-state index in [0.717, 1.165) is 12.1 Å². The lowest BCUT2D eigenvalue weighted by atomic mass is 10.2. The van der Waals surface area contributed by atoms with Crippen molar-refractivity contribution in [1.82, 2.24) is 19.9 Å². The summed E-state index contributed by atoms with van der Waals surface area (Å²) in [7, 11) is 0. The third-order valence-electron chi connectivity index (χ3n) is 2.05. The standard InChI is InChI=1S/C10H12N6/c11-9-14-8(15-10(12)16-9)5-4-7-3-1-2-6-13-7/h1-3,6H,4-5H2,(H4,11,12,14,15,16). The van der Waals surface area contributed by atoms with Gasteiger partial charge in [0.15, 0.2) is 0 Å². The summed E-state index contributed by atoms with van der Waals surface area (Å²) in [5.74, 6) is 0.905. The van der Waals surface area contributed by atoms with Crippen molar-refractivity contribution in [2.45, 2.75) is 12.8 Å². The van der Waals surface area contributed by atoms with Crippen molar-refractivity contribution in [3.63, 3.8) is 0 Å². The van der Waals surface area contributed by atoms with E-state index in [2.05, 4.69) is 19.9 Å². The van der Waals surface area contributed by atoms with Gasteiger partial charge in [0.2, 0.25) is 11.9 Å². The highest BCUT2D eigenvalue weighted by Crippen LogP contribution is 2.03. The van der Waals surface area contributed by atoms with Gasteiger partial charge in [-0.1, -0.05) is 6.07 Å². The fourth-order valence-electron chi connectivity index (χ4n) is 1.35. The number of hydrogen-bond donors (Lipinski definition) is 2. The molecule has 0 saturated heterocycles. The molecule has 0 spiro atoms. The van der Waals surface area contributed by atoms with Crippen molar-refractivity contribution in [1.29, 1.82) is 0 Å². The number of anilines is 2. The van der Waals surface area contributed by atoms with Gasteiger partial charge >= 0.3 is 0 Å². The number of nitrogen functional groups attached to an aromatic ring is 2. The summed E-state index contributed by atoms with van der Waals surface area (Å²) in [6.07, 6.45) is 3.16. The van der Waals surface area contributed by atoms with Crippen molar-refractivity contribution in [3.05, 3.63) is 35.9 Å². The number of nitrogens with zero attached hydrogens (tertiary/aromatic N) is 4. The number of nitrogens with two attached hydrogens (primary N) is 2. The fraction of sp³-hybridized carbons (Fsp3) is 0.200. The average Bonchev–Trinajstić information content (AvgIpc) is 2.27. The third-order valence-corrected chi connectivity index (χ3v) is 2.05. The van der Waals surface area contributed by atoms with Crippen LogP contribution in [0.15, 0.2) is 24.4 Å². The monoisotopic (exact) mass is 216 g/mol. The lowest BCUT2D eigenvalue weighted by molar-refractivity contribution is 0.828. The van der Waals surface area contributed by atoms with E-state index in [1.54, 1.807) is 6.20 Å². The summed E-state index contributed by atoms with van der Waals surface area (Å²) < 4.78 is 0. The Morgan fingerprint density at radius 2 is 1.69 bits per heavy atom. The minimum Gasteiger partial charge on any atom is -0.368 e. The minimum absolute atomic E-state index is 0.156. The lowest BCUT2D eigenvalue weighted by Gasteiger charge is -2.01. The topological polar surface area (TPSA) is 104 Å². The Balaban J connectivity index is 2.05. The Morgan fingerprint density at radius 1 is 0.938 bits per heavy atom. The Bertz CT molecular complexity index is 450. The maximum absolute atomic E-state index is 5.47. The molecule has 0 aromatic carbocycles. The summed E-state index contributed by atoms with van der Waals surface area (Å²) in [6, 6.07) is 5.77. The van der Waals surface area contributed by atoms with Gasteiger partial charge in [-0.2, -0.15) is 15.0 Å². The van der Waals surface area contributed by atoms with Crippen LogP contribution in [0.4, 0.5) is 11.9 Å². The van der Waals surface area contributed by atoms with Crippen LogP contribution >= 0.6 is 0 Å². The third kappa shape index (κ3) is 2.63. The van der Waals surface area contributed by atoms with Crippen LogP contribution in [-0.4, -0.2) is 19.9 Å². The Labute approximate surface area is 92.8 Å². The minimum atomic E-state index is 0.156. The molecule has 4 N–H and O–H groups in total. The Kier molecular flexibility index (Phi) is 2.90. The van der Waals surface area contributed by atoms with Crippen molar-refractivity contribution in [3.8, 4) is 0 Å². The highest BCUT2D eigenvalue weighted by atomic mass is 15.1. The second-order valence-electron chi connectivity index (χ2n) is 3.29. The van der Waals surface area contributed by atoms with Crippen molar-refractivity contribution in [2.24, 2.45) is 0 Å². The van der Waals surface area contributed by atoms with Crippen LogP contribution in [0.1, 0.15) is 11.5 Å². The van der Waals surface area contributed by atoms with Crippen LogP contribution < -0.4 is 11.5 Å². The van der Waals surface area contributed by atoms with Crippen LogP contribution in [0, 0.1) is 0 Å². The van der Waals surface area contributed by atoms with Crippen molar-refractivity contribution >= 4 is 11.9 Å². The number of aromatic nitrogens is 4. The normalized spacial score (nSPS) is 10.2. The second-order valence-corrected chi connectivity index (χ2v) is 3.29. The van der Waals surface area contributed by atoms with E-state index in [9.17, 15) is 0 Å². The van der Waals surface area contributed by atoms with Crippen LogP contribution in [-0.2, 0) is 12.8 Å². The number of rotatable bonds is 3. The van der Waals surface area contributed by atoms with Crippen molar-refractivity contribution < 1.29 is 0 Å². The maximum Gasteiger partial charge on any atom is 0.225 e. The quantitative estimate of drug-likeness (QED) is 0.760. The van der Waals surface area contributed by atoms with E-state index in [1.165, 1.54) is 0 Å². The molecule has 16 heavy (non-hydrogen) atoms. The molecular weight excluding hydrogens is 204 g/mol. The van der Waals surface area contributed by atoms with Crippen LogP contribution in [0.2, 0.25) is 0 Å². The van der Waals surface area contributed by atoms with Crippen LogP contribution in [0.3, 0.4) is 0 Å². The highest BCUT2D eigenvalue weighted by molar-refractivity contribution is 5.26. The number of aryl methyl sites for hydroxylation is 2. The first kappa shape index (κ1) is 10.3. The van der Waals surface area contributed by atoms with E-state index in [1.807, 2.05) is 18.2 Å². The fourth-order valence-corrected chi connectivity index (χ4v) is 1.35. The Hall–Kier alpha value is -2.24. The lowest BCUT2D eigenvalue weighted by Crippen LogP contribution is -2.08. The van der Waals surface area contributed by atoms with Gasteiger partial charge in [0, 0.05) is 18.3 Å². The van der Waals surface area contributed by atoms with Gasteiger partial charge in [0.25, 0.3) is 0 Å².